The van der Waals surface area contributed by atoms with Crippen LogP contribution < -0.4 is 10.2 Å². The Morgan fingerprint density at radius 3 is 2.77 bits per heavy atom. The Hall–Kier alpha value is -2.28. The average molecular weight is 372 g/mol. The number of hydrogen-bond acceptors (Lipinski definition) is 5. The van der Waals surface area contributed by atoms with Crippen LogP contribution in [0.4, 0.5) is 11.4 Å². The topological polar surface area (TPSA) is 63.1 Å². The zero-order valence-corrected chi connectivity index (χ0v) is 16.2. The van der Waals surface area contributed by atoms with Crippen LogP contribution in [-0.2, 0) is 11.3 Å². The highest BCUT2D eigenvalue weighted by atomic mass is 32.2. The highest BCUT2D eigenvalue weighted by Gasteiger charge is 2.15. The summed E-state index contributed by atoms with van der Waals surface area (Å²) in [6.07, 6.45) is 4.31. The molecule has 1 N–H and O–H groups in total. The van der Waals surface area contributed by atoms with Gasteiger partial charge < -0.3 is 14.8 Å². The second-order valence-corrected chi connectivity index (χ2v) is 7.40. The molecular formula is C19H25N5OS. The maximum Gasteiger partial charge on any atom is 0.234 e. The molecule has 2 heterocycles. The van der Waals surface area contributed by atoms with Crippen molar-refractivity contribution < 1.29 is 4.79 Å². The Morgan fingerprint density at radius 1 is 1.31 bits per heavy atom. The second-order valence-electron chi connectivity index (χ2n) is 6.46. The van der Waals surface area contributed by atoms with Crippen LogP contribution >= 0.6 is 11.8 Å². The van der Waals surface area contributed by atoms with Gasteiger partial charge in [0.15, 0.2) is 5.16 Å². The van der Waals surface area contributed by atoms with Gasteiger partial charge in [-0.15, -0.1) is 16.8 Å². The van der Waals surface area contributed by atoms with Crippen LogP contribution in [0.5, 0.6) is 0 Å². The van der Waals surface area contributed by atoms with E-state index in [0.29, 0.717) is 12.3 Å². The highest BCUT2D eigenvalue weighted by molar-refractivity contribution is 7.99. The lowest BCUT2D eigenvalue weighted by molar-refractivity contribution is -0.113. The summed E-state index contributed by atoms with van der Waals surface area (Å²) >= 11 is 1.39. The molecule has 7 heteroatoms. The van der Waals surface area contributed by atoms with Crippen molar-refractivity contribution in [2.45, 2.75) is 38.4 Å². The molecule has 6 nitrogen and oxygen atoms in total. The number of hydrogen-bond donors (Lipinski definition) is 1. The molecular weight excluding hydrogens is 346 g/mol. The molecule has 0 bridgehead atoms. The molecule has 0 atom stereocenters. The first-order chi connectivity index (χ1) is 12.6. The van der Waals surface area contributed by atoms with Gasteiger partial charge >= 0.3 is 0 Å². The summed E-state index contributed by atoms with van der Waals surface area (Å²) in [4.78, 5) is 14.7. The molecule has 1 aromatic carbocycles. The van der Waals surface area contributed by atoms with Crippen LogP contribution in [0.2, 0.25) is 0 Å². The molecule has 1 aliphatic heterocycles. The van der Waals surface area contributed by atoms with Gasteiger partial charge in [0.1, 0.15) is 5.82 Å². The van der Waals surface area contributed by atoms with Gasteiger partial charge in [0.2, 0.25) is 5.91 Å². The highest BCUT2D eigenvalue weighted by Crippen LogP contribution is 2.26. The number of thioether (sulfide) groups is 1. The number of allylic oxidation sites excluding steroid dienone is 1. The summed E-state index contributed by atoms with van der Waals surface area (Å²) < 4.78 is 1.95. The molecule has 1 amide bonds. The molecule has 1 aromatic heterocycles. The van der Waals surface area contributed by atoms with Crippen LogP contribution in [0.1, 0.15) is 24.2 Å². The average Bonchev–Trinajstić information content (AvgIpc) is 3.27. The minimum absolute atomic E-state index is 0.0437. The SMILES string of the molecule is C=CCn1c(C)nnc1SCC(=O)Nc1ccc(N2CCCC2)cc1C. The summed E-state index contributed by atoms with van der Waals surface area (Å²) in [6.45, 7) is 10.5. The van der Waals surface area contributed by atoms with E-state index in [-0.39, 0.29) is 5.91 Å². The number of carbonyl (C=O) groups excluding carboxylic acids is 1. The van der Waals surface area contributed by atoms with Gasteiger partial charge in [0.25, 0.3) is 0 Å². The summed E-state index contributed by atoms with van der Waals surface area (Å²) in [5.41, 5.74) is 3.18. The first-order valence-corrected chi connectivity index (χ1v) is 9.86. The van der Waals surface area contributed by atoms with E-state index < -0.39 is 0 Å². The number of aryl methyl sites for hydroxylation is 2. The number of amides is 1. The van der Waals surface area contributed by atoms with Crippen LogP contribution in [-0.4, -0.2) is 39.5 Å². The number of aromatic nitrogens is 3. The fourth-order valence-corrected chi connectivity index (χ4v) is 3.88. The van der Waals surface area contributed by atoms with Crippen molar-refractivity contribution in [3.05, 3.63) is 42.2 Å². The summed E-state index contributed by atoms with van der Waals surface area (Å²) in [7, 11) is 0. The zero-order valence-electron chi connectivity index (χ0n) is 15.4. The van der Waals surface area contributed by atoms with E-state index >= 15 is 0 Å². The van der Waals surface area contributed by atoms with Crippen molar-refractivity contribution in [1.29, 1.82) is 0 Å². The van der Waals surface area contributed by atoms with Crippen molar-refractivity contribution in [1.82, 2.24) is 14.8 Å². The molecule has 0 spiro atoms. The van der Waals surface area contributed by atoms with Gasteiger partial charge in [-0.1, -0.05) is 17.8 Å². The molecule has 2 aromatic rings. The molecule has 0 unspecified atom stereocenters. The van der Waals surface area contributed by atoms with E-state index in [1.807, 2.05) is 24.5 Å². The standard InChI is InChI=1S/C19H25N5OS/c1-4-9-24-15(3)21-22-19(24)26-13-18(25)20-17-8-7-16(12-14(17)2)23-10-5-6-11-23/h4,7-8,12H,1,5-6,9-11,13H2,2-3H3,(H,20,25). The van der Waals surface area contributed by atoms with Crippen LogP contribution in [0, 0.1) is 13.8 Å². The lowest BCUT2D eigenvalue weighted by Crippen LogP contribution is -2.18. The van der Waals surface area contributed by atoms with Gasteiger partial charge in [-0.3, -0.25) is 4.79 Å². The Balaban J connectivity index is 1.59. The molecule has 0 saturated carbocycles. The van der Waals surface area contributed by atoms with Gasteiger partial charge in [-0.05, 0) is 50.5 Å². The molecule has 0 radical (unpaired) electrons. The Labute approximate surface area is 158 Å². The minimum atomic E-state index is -0.0437. The predicted octanol–water partition coefficient (Wildman–Crippen LogP) is 3.41. The van der Waals surface area contributed by atoms with Crippen LogP contribution in [0.25, 0.3) is 0 Å². The third kappa shape index (κ3) is 4.27. The molecule has 1 saturated heterocycles. The quantitative estimate of drug-likeness (QED) is 0.597. The molecule has 3 rings (SSSR count). The third-order valence-electron chi connectivity index (χ3n) is 4.50. The van der Waals surface area contributed by atoms with Gasteiger partial charge in [-0.25, -0.2) is 0 Å². The number of carbonyl (C=O) groups is 1. The van der Waals surface area contributed by atoms with Crippen LogP contribution in [0.3, 0.4) is 0 Å². The summed E-state index contributed by atoms with van der Waals surface area (Å²) in [5, 5.41) is 11.9. The molecule has 1 aliphatic rings. The lowest BCUT2D eigenvalue weighted by atomic mass is 10.1. The Kier molecular flexibility index (Phi) is 5.98. The number of rotatable bonds is 7. The molecule has 0 aliphatic carbocycles. The minimum Gasteiger partial charge on any atom is -0.372 e. The van der Waals surface area contributed by atoms with Crippen molar-refractivity contribution in [2.75, 3.05) is 29.1 Å². The van der Waals surface area contributed by atoms with Gasteiger partial charge in [0.05, 0.1) is 5.75 Å². The molecule has 26 heavy (non-hydrogen) atoms. The largest absolute Gasteiger partial charge is 0.372 e. The number of anilines is 2. The van der Waals surface area contributed by atoms with Crippen molar-refractivity contribution >= 4 is 29.0 Å². The molecule has 1 fully saturated rings. The van der Waals surface area contributed by atoms with E-state index in [1.54, 1.807) is 6.08 Å². The van der Waals surface area contributed by atoms with Crippen molar-refractivity contribution in [3.8, 4) is 0 Å². The van der Waals surface area contributed by atoms with E-state index in [0.717, 1.165) is 35.3 Å². The zero-order chi connectivity index (χ0) is 18.5. The van der Waals surface area contributed by atoms with E-state index in [1.165, 1.54) is 30.3 Å². The maximum absolute atomic E-state index is 12.3. The van der Waals surface area contributed by atoms with Crippen molar-refractivity contribution in [3.63, 3.8) is 0 Å². The van der Waals surface area contributed by atoms with Gasteiger partial charge in [-0.2, -0.15) is 0 Å². The normalized spacial score (nSPS) is 13.8. The number of nitrogens with zero attached hydrogens (tertiary/aromatic N) is 4. The van der Waals surface area contributed by atoms with E-state index in [2.05, 4.69) is 39.1 Å². The summed E-state index contributed by atoms with van der Waals surface area (Å²) in [6, 6.07) is 6.24. The fourth-order valence-electron chi connectivity index (χ4n) is 3.08. The van der Waals surface area contributed by atoms with Crippen molar-refractivity contribution in [2.24, 2.45) is 0 Å². The maximum atomic E-state index is 12.3. The third-order valence-corrected chi connectivity index (χ3v) is 5.47. The summed E-state index contributed by atoms with van der Waals surface area (Å²) in [5.74, 6) is 1.07. The molecule has 138 valence electrons. The lowest BCUT2D eigenvalue weighted by Gasteiger charge is -2.19. The van der Waals surface area contributed by atoms with Crippen LogP contribution in [0.15, 0.2) is 36.0 Å². The fraction of sp³-hybridized carbons (Fsp3) is 0.421. The van der Waals surface area contributed by atoms with Gasteiger partial charge in [0, 0.05) is 31.0 Å². The number of nitrogens with one attached hydrogen (secondary N) is 1. The Bertz CT molecular complexity index is 795. The second kappa shape index (κ2) is 8.40. The predicted molar refractivity (Wildman–Crippen MR) is 107 cm³/mol. The number of benzene rings is 1. The van der Waals surface area contributed by atoms with E-state index in [4.69, 9.17) is 0 Å². The monoisotopic (exact) mass is 371 g/mol. The first-order valence-electron chi connectivity index (χ1n) is 8.87. The Morgan fingerprint density at radius 2 is 2.08 bits per heavy atom. The van der Waals surface area contributed by atoms with E-state index in [9.17, 15) is 4.79 Å². The smallest absolute Gasteiger partial charge is 0.234 e. The first kappa shape index (κ1) is 18.5.